The molecule has 0 amide bonds. The SMILES string of the molecule is Cc1ccc(S(=O)(=O)Nc2ccccc2Oc2ccccc2F)cc1. The van der Waals surface area contributed by atoms with Crippen LogP contribution in [0.1, 0.15) is 5.56 Å². The predicted molar refractivity (Wildman–Crippen MR) is 94.9 cm³/mol. The van der Waals surface area contributed by atoms with E-state index in [1.165, 1.54) is 24.3 Å². The zero-order chi connectivity index (χ0) is 17.9. The summed E-state index contributed by atoms with van der Waals surface area (Å²) in [6, 6.07) is 18.9. The van der Waals surface area contributed by atoms with Crippen molar-refractivity contribution in [3.8, 4) is 11.5 Å². The highest BCUT2D eigenvalue weighted by Crippen LogP contribution is 2.32. The number of halogens is 1. The highest BCUT2D eigenvalue weighted by atomic mass is 32.2. The zero-order valence-corrected chi connectivity index (χ0v) is 14.3. The molecule has 0 fully saturated rings. The number of ether oxygens (including phenoxy) is 1. The first-order valence-electron chi connectivity index (χ1n) is 7.56. The number of aryl methyl sites for hydroxylation is 1. The second-order valence-electron chi connectivity index (χ2n) is 5.45. The van der Waals surface area contributed by atoms with E-state index in [0.717, 1.165) is 5.56 Å². The molecule has 0 spiro atoms. The highest BCUT2D eigenvalue weighted by Gasteiger charge is 2.17. The number of benzene rings is 3. The maximum atomic E-state index is 13.8. The third kappa shape index (κ3) is 3.97. The van der Waals surface area contributed by atoms with Crippen LogP contribution >= 0.6 is 0 Å². The first-order chi connectivity index (χ1) is 12.0. The summed E-state index contributed by atoms with van der Waals surface area (Å²) in [6.07, 6.45) is 0. The maximum absolute atomic E-state index is 13.8. The van der Waals surface area contributed by atoms with Crippen molar-refractivity contribution in [1.29, 1.82) is 0 Å². The van der Waals surface area contributed by atoms with Crippen LogP contribution in [0, 0.1) is 12.7 Å². The number of anilines is 1. The van der Waals surface area contributed by atoms with Gasteiger partial charge in [-0.2, -0.15) is 0 Å². The fourth-order valence-corrected chi connectivity index (χ4v) is 3.28. The van der Waals surface area contributed by atoms with E-state index in [4.69, 9.17) is 4.74 Å². The molecule has 0 aliphatic heterocycles. The van der Waals surface area contributed by atoms with Crippen LogP contribution in [0.3, 0.4) is 0 Å². The molecule has 0 bridgehead atoms. The lowest BCUT2D eigenvalue weighted by Gasteiger charge is -2.14. The molecular formula is C19H16FNO3S. The van der Waals surface area contributed by atoms with E-state index in [1.54, 1.807) is 48.5 Å². The number of para-hydroxylation sites is 3. The summed E-state index contributed by atoms with van der Waals surface area (Å²) < 4.78 is 46.9. The van der Waals surface area contributed by atoms with Crippen LogP contribution in [0.4, 0.5) is 10.1 Å². The summed E-state index contributed by atoms with van der Waals surface area (Å²) in [7, 11) is -3.78. The quantitative estimate of drug-likeness (QED) is 0.718. The normalized spacial score (nSPS) is 11.1. The zero-order valence-electron chi connectivity index (χ0n) is 13.4. The Hall–Kier alpha value is -2.86. The minimum Gasteiger partial charge on any atom is -0.452 e. The Kier molecular flexibility index (Phi) is 4.72. The molecule has 0 unspecified atom stereocenters. The molecule has 4 nitrogen and oxygen atoms in total. The van der Waals surface area contributed by atoms with Crippen molar-refractivity contribution >= 4 is 15.7 Å². The van der Waals surface area contributed by atoms with Gasteiger partial charge in [0.2, 0.25) is 0 Å². The molecule has 0 radical (unpaired) electrons. The smallest absolute Gasteiger partial charge is 0.262 e. The molecule has 3 rings (SSSR count). The van der Waals surface area contributed by atoms with Gasteiger partial charge in [0.05, 0.1) is 10.6 Å². The van der Waals surface area contributed by atoms with Crippen LogP contribution in [0.5, 0.6) is 11.5 Å². The molecule has 1 N–H and O–H groups in total. The summed E-state index contributed by atoms with van der Waals surface area (Å²) in [6.45, 7) is 1.88. The number of nitrogens with one attached hydrogen (secondary N) is 1. The third-order valence-corrected chi connectivity index (χ3v) is 4.90. The Morgan fingerprint density at radius 2 is 1.44 bits per heavy atom. The second-order valence-corrected chi connectivity index (χ2v) is 7.13. The second kappa shape index (κ2) is 6.94. The summed E-state index contributed by atoms with van der Waals surface area (Å²) >= 11 is 0. The molecule has 0 heterocycles. The van der Waals surface area contributed by atoms with Gasteiger partial charge >= 0.3 is 0 Å². The van der Waals surface area contributed by atoms with Gasteiger partial charge in [-0.1, -0.05) is 42.0 Å². The molecule has 0 saturated carbocycles. The summed E-state index contributed by atoms with van der Waals surface area (Å²) in [5.41, 5.74) is 1.19. The van der Waals surface area contributed by atoms with E-state index >= 15 is 0 Å². The summed E-state index contributed by atoms with van der Waals surface area (Å²) in [5, 5.41) is 0. The van der Waals surface area contributed by atoms with Gasteiger partial charge in [0.25, 0.3) is 10.0 Å². The Labute approximate surface area is 146 Å². The molecule has 3 aromatic rings. The molecule has 25 heavy (non-hydrogen) atoms. The van der Waals surface area contributed by atoms with Gasteiger partial charge in [0, 0.05) is 0 Å². The van der Waals surface area contributed by atoms with Crippen LogP contribution in [-0.2, 0) is 10.0 Å². The van der Waals surface area contributed by atoms with Crippen LogP contribution in [0.15, 0.2) is 77.7 Å². The fourth-order valence-electron chi connectivity index (χ4n) is 2.21. The molecular weight excluding hydrogens is 341 g/mol. The molecule has 0 aliphatic carbocycles. The lowest BCUT2D eigenvalue weighted by atomic mass is 10.2. The first kappa shape index (κ1) is 17.0. The number of rotatable bonds is 5. The molecule has 0 aliphatic rings. The van der Waals surface area contributed by atoms with Crippen LogP contribution in [0.25, 0.3) is 0 Å². The van der Waals surface area contributed by atoms with Crippen molar-refractivity contribution in [3.63, 3.8) is 0 Å². The Bertz CT molecular complexity index is 986. The molecule has 0 saturated heterocycles. The van der Waals surface area contributed by atoms with Gasteiger partial charge in [0.1, 0.15) is 0 Å². The number of sulfonamides is 1. The van der Waals surface area contributed by atoms with E-state index < -0.39 is 15.8 Å². The van der Waals surface area contributed by atoms with Gasteiger partial charge in [0.15, 0.2) is 17.3 Å². The number of hydrogen-bond donors (Lipinski definition) is 1. The number of hydrogen-bond acceptors (Lipinski definition) is 3. The van der Waals surface area contributed by atoms with E-state index in [0.29, 0.717) is 0 Å². The van der Waals surface area contributed by atoms with Crippen molar-refractivity contribution in [2.75, 3.05) is 4.72 Å². The van der Waals surface area contributed by atoms with Crippen molar-refractivity contribution in [3.05, 3.63) is 84.2 Å². The van der Waals surface area contributed by atoms with Crippen molar-refractivity contribution < 1.29 is 17.5 Å². The molecule has 3 aromatic carbocycles. The first-order valence-corrected chi connectivity index (χ1v) is 9.05. The highest BCUT2D eigenvalue weighted by molar-refractivity contribution is 7.92. The summed E-state index contributed by atoms with van der Waals surface area (Å²) in [5.74, 6) is -0.300. The van der Waals surface area contributed by atoms with Gasteiger partial charge in [-0.25, -0.2) is 12.8 Å². The molecule has 6 heteroatoms. The standard InChI is InChI=1S/C19H16FNO3S/c1-14-10-12-15(13-11-14)25(22,23)21-17-7-3-5-9-19(17)24-18-8-4-2-6-16(18)20/h2-13,21H,1H3. The maximum Gasteiger partial charge on any atom is 0.262 e. The Morgan fingerprint density at radius 1 is 0.840 bits per heavy atom. The average Bonchev–Trinajstić information content (AvgIpc) is 2.59. The van der Waals surface area contributed by atoms with E-state index in [1.807, 2.05) is 6.92 Å². The lowest BCUT2D eigenvalue weighted by molar-refractivity contribution is 0.444. The van der Waals surface area contributed by atoms with E-state index in [2.05, 4.69) is 4.72 Å². The minimum absolute atomic E-state index is 0.0180. The average molecular weight is 357 g/mol. The van der Waals surface area contributed by atoms with Crippen molar-refractivity contribution in [2.24, 2.45) is 0 Å². The molecule has 128 valence electrons. The lowest BCUT2D eigenvalue weighted by Crippen LogP contribution is -2.13. The third-order valence-electron chi connectivity index (χ3n) is 3.52. The van der Waals surface area contributed by atoms with Gasteiger partial charge in [-0.3, -0.25) is 4.72 Å². The van der Waals surface area contributed by atoms with Crippen LogP contribution in [0.2, 0.25) is 0 Å². The van der Waals surface area contributed by atoms with E-state index in [9.17, 15) is 12.8 Å². The topological polar surface area (TPSA) is 55.4 Å². The molecule has 0 atom stereocenters. The van der Waals surface area contributed by atoms with Crippen LogP contribution < -0.4 is 9.46 Å². The molecule has 0 aromatic heterocycles. The monoisotopic (exact) mass is 357 g/mol. The van der Waals surface area contributed by atoms with Gasteiger partial charge in [-0.05, 0) is 43.3 Å². The largest absolute Gasteiger partial charge is 0.452 e. The van der Waals surface area contributed by atoms with Crippen LogP contribution in [-0.4, -0.2) is 8.42 Å². The fraction of sp³-hybridized carbons (Fsp3) is 0.0526. The van der Waals surface area contributed by atoms with Gasteiger partial charge in [-0.15, -0.1) is 0 Å². The Balaban J connectivity index is 1.91. The summed E-state index contributed by atoms with van der Waals surface area (Å²) in [4.78, 5) is 0.138. The van der Waals surface area contributed by atoms with Crippen molar-refractivity contribution in [2.45, 2.75) is 11.8 Å². The predicted octanol–water partition coefficient (Wildman–Crippen LogP) is 4.73. The Morgan fingerprint density at radius 3 is 2.12 bits per heavy atom. The minimum atomic E-state index is -3.78. The van der Waals surface area contributed by atoms with E-state index in [-0.39, 0.29) is 22.1 Å². The van der Waals surface area contributed by atoms with Crippen molar-refractivity contribution in [1.82, 2.24) is 0 Å². The van der Waals surface area contributed by atoms with Gasteiger partial charge < -0.3 is 4.74 Å².